The number of anilines is 1. The molecule has 1 aromatic heterocycles. The van der Waals surface area contributed by atoms with Crippen molar-refractivity contribution < 1.29 is 13.9 Å². The summed E-state index contributed by atoms with van der Waals surface area (Å²) in [4.78, 5) is 17.3. The van der Waals surface area contributed by atoms with Gasteiger partial charge in [0.2, 0.25) is 11.1 Å². The molecular weight excluding hydrogens is 415 g/mol. The van der Waals surface area contributed by atoms with Crippen LogP contribution in [0, 0.1) is 12.7 Å². The van der Waals surface area contributed by atoms with Crippen molar-refractivity contribution in [3.8, 4) is 0 Å². The molecule has 6 nitrogen and oxygen atoms in total. The summed E-state index contributed by atoms with van der Waals surface area (Å²) in [6.07, 6.45) is 0. The summed E-state index contributed by atoms with van der Waals surface area (Å²) in [7, 11) is 0. The van der Waals surface area contributed by atoms with Crippen LogP contribution < -0.4 is 5.32 Å². The topological polar surface area (TPSA) is 69.0 Å². The van der Waals surface area contributed by atoms with Gasteiger partial charge in [-0.05, 0) is 32.4 Å². The maximum absolute atomic E-state index is 14.8. The van der Waals surface area contributed by atoms with Crippen LogP contribution in [0.3, 0.4) is 0 Å². The fourth-order valence-corrected chi connectivity index (χ4v) is 4.37. The number of halogens is 1. The second-order valence-electron chi connectivity index (χ2n) is 7.25. The highest BCUT2D eigenvalue weighted by Gasteiger charge is 2.36. The molecule has 2 heterocycles. The summed E-state index contributed by atoms with van der Waals surface area (Å²) < 4.78 is 21.6. The van der Waals surface area contributed by atoms with Crippen molar-refractivity contribution in [2.45, 2.75) is 37.7 Å². The van der Waals surface area contributed by atoms with Gasteiger partial charge in [0.05, 0.1) is 12.2 Å². The van der Waals surface area contributed by atoms with Crippen LogP contribution in [0.5, 0.6) is 0 Å². The largest absolute Gasteiger partial charge is 0.463 e. The predicted molar refractivity (Wildman–Crippen MR) is 118 cm³/mol. The van der Waals surface area contributed by atoms with Crippen molar-refractivity contribution >= 4 is 23.7 Å². The number of benzene rings is 2. The number of aryl methyl sites for hydroxylation is 1. The Hall–Kier alpha value is -3.13. The van der Waals surface area contributed by atoms with Crippen LogP contribution >= 0.6 is 11.8 Å². The Balaban J connectivity index is 1.71. The SMILES string of the molecule is CCOC(=O)C1=C(C)Nc2nc(SCc3cccc(C)c3)nn2[C@@H]1c1ccccc1F. The lowest BCUT2D eigenvalue weighted by Crippen LogP contribution is -2.30. The van der Waals surface area contributed by atoms with Gasteiger partial charge >= 0.3 is 5.97 Å². The average Bonchev–Trinajstić information content (AvgIpc) is 3.14. The van der Waals surface area contributed by atoms with Gasteiger partial charge < -0.3 is 10.1 Å². The Morgan fingerprint density at radius 2 is 2.03 bits per heavy atom. The summed E-state index contributed by atoms with van der Waals surface area (Å²) in [5.74, 6) is 0.243. The van der Waals surface area contributed by atoms with E-state index in [1.54, 1.807) is 36.7 Å². The Kier molecular flexibility index (Phi) is 6.08. The van der Waals surface area contributed by atoms with Crippen molar-refractivity contribution in [3.63, 3.8) is 0 Å². The number of rotatable bonds is 6. The first-order valence-electron chi connectivity index (χ1n) is 10.0. The molecule has 1 N–H and O–H groups in total. The number of thioether (sulfide) groups is 1. The molecule has 1 aliphatic rings. The molecule has 8 heteroatoms. The van der Waals surface area contributed by atoms with E-state index in [2.05, 4.69) is 40.5 Å². The number of allylic oxidation sites excluding steroid dienone is 1. The lowest BCUT2D eigenvalue weighted by atomic mass is 9.95. The van der Waals surface area contributed by atoms with E-state index >= 15 is 0 Å². The Bertz CT molecular complexity index is 1160. The van der Waals surface area contributed by atoms with Gasteiger partial charge in [-0.15, -0.1) is 5.10 Å². The molecule has 0 aliphatic carbocycles. The quantitative estimate of drug-likeness (QED) is 0.437. The predicted octanol–water partition coefficient (Wildman–Crippen LogP) is 4.87. The van der Waals surface area contributed by atoms with Crippen LogP contribution in [-0.2, 0) is 15.3 Å². The van der Waals surface area contributed by atoms with Crippen molar-refractivity contribution in [2.75, 3.05) is 11.9 Å². The first-order chi connectivity index (χ1) is 15.0. The maximum Gasteiger partial charge on any atom is 0.338 e. The second-order valence-corrected chi connectivity index (χ2v) is 8.19. The molecule has 3 aromatic rings. The van der Waals surface area contributed by atoms with Gasteiger partial charge in [-0.1, -0.05) is 59.8 Å². The van der Waals surface area contributed by atoms with Gasteiger partial charge in [0.1, 0.15) is 11.9 Å². The van der Waals surface area contributed by atoms with E-state index in [1.165, 1.54) is 23.4 Å². The van der Waals surface area contributed by atoms with E-state index < -0.39 is 17.8 Å². The van der Waals surface area contributed by atoms with Crippen LogP contribution in [0.25, 0.3) is 0 Å². The highest BCUT2D eigenvalue weighted by atomic mass is 32.2. The zero-order valence-electron chi connectivity index (χ0n) is 17.6. The molecule has 4 rings (SSSR count). The van der Waals surface area contributed by atoms with Crippen LogP contribution in [0.15, 0.2) is 65.0 Å². The summed E-state index contributed by atoms with van der Waals surface area (Å²) in [5, 5.41) is 8.29. The third-order valence-electron chi connectivity index (χ3n) is 4.98. The maximum atomic E-state index is 14.8. The minimum absolute atomic E-state index is 0.224. The number of ether oxygens (including phenoxy) is 1. The molecule has 1 atom stereocenters. The van der Waals surface area contributed by atoms with Crippen LogP contribution in [0.2, 0.25) is 0 Å². The molecule has 0 radical (unpaired) electrons. The molecule has 0 spiro atoms. The van der Waals surface area contributed by atoms with E-state index in [-0.39, 0.29) is 6.61 Å². The molecule has 31 heavy (non-hydrogen) atoms. The fraction of sp³-hybridized carbons (Fsp3) is 0.261. The monoisotopic (exact) mass is 438 g/mol. The first-order valence-corrected chi connectivity index (χ1v) is 11.0. The molecule has 0 saturated heterocycles. The molecule has 1 aliphatic heterocycles. The molecule has 0 saturated carbocycles. The van der Waals surface area contributed by atoms with Gasteiger partial charge in [-0.25, -0.2) is 13.9 Å². The van der Waals surface area contributed by atoms with Crippen molar-refractivity contribution in [1.29, 1.82) is 0 Å². The van der Waals surface area contributed by atoms with Gasteiger partial charge in [0.15, 0.2) is 0 Å². The van der Waals surface area contributed by atoms with Gasteiger partial charge in [-0.2, -0.15) is 4.98 Å². The molecule has 0 amide bonds. The lowest BCUT2D eigenvalue weighted by Gasteiger charge is -2.28. The zero-order valence-corrected chi connectivity index (χ0v) is 18.4. The number of hydrogen-bond donors (Lipinski definition) is 1. The van der Waals surface area contributed by atoms with Gasteiger partial charge in [-0.3, -0.25) is 0 Å². The number of nitrogens with one attached hydrogen (secondary N) is 1. The molecule has 0 fully saturated rings. The summed E-state index contributed by atoms with van der Waals surface area (Å²) in [6.45, 7) is 5.78. The van der Waals surface area contributed by atoms with E-state index in [9.17, 15) is 9.18 Å². The molecule has 160 valence electrons. The first kappa shape index (κ1) is 21.1. The number of nitrogens with zero attached hydrogens (tertiary/aromatic N) is 3. The van der Waals surface area contributed by atoms with E-state index in [0.717, 1.165) is 5.56 Å². The number of carbonyl (C=O) groups is 1. The summed E-state index contributed by atoms with van der Waals surface area (Å²) >= 11 is 1.49. The number of carbonyl (C=O) groups excluding carboxylic acids is 1. The third kappa shape index (κ3) is 4.34. The van der Waals surface area contributed by atoms with Crippen molar-refractivity contribution in [1.82, 2.24) is 14.8 Å². The Labute approximate surface area is 184 Å². The number of hydrogen-bond acceptors (Lipinski definition) is 6. The average molecular weight is 439 g/mol. The second kappa shape index (κ2) is 8.93. The Morgan fingerprint density at radius 1 is 1.23 bits per heavy atom. The molecule has 2 aromatic carbocycles. The van der Waals surface area contributed by atoms with E-state index in [1.807, 2.05) is 6.07 Å². The minimum atomic E-state index is -0.766. The zero-order chi connectivity index (χ0) is 22.0. The Morgan fingerprint density at radius 3 is 2.77 bits per heavy atom. The lowest BCUT2D eigenvalue weighted by molar-refractivity contribution is -0.139. The van der Waals surface area contributed by atoms with E-state index in [4.69, 9.17) is 4.74 Å². The van der Waals surface area contributed by atoms with Crippen LogP contribution in [0.4, 0.5) is 10.3 Å². The fourth-order valence-electron chi connectivity index (χ4n) is 3.60. The molecule has 0 unspecified atom stereocenters. The normalized spacial score (nSPS) is 15.4. The molecule has 0 bridgehead atoms. The van der Waals surface area contributed by atoms with Gasteiger partial charge in [0, 0.05) is 17.0 Å². The highest BCUT2D eigenvalue weighted by molar-refractivity contribution is 7.98. The summed E-state index contributed by atoms with van der Waals surface area (Å²) in [5.41, 5.74) is 3.59. The number of fused-ring (bicyclic) bond motifs is 1. The van der Waals surface area contributed by atoms with Crippen molar-refractivity contribution in [3.05, 3.63) is 82.3 Å². The van der Waals surface area contributed by atoms with Crippen LogP contribution in [0.1, 0.15) is 36.6 Å². The number of aromatic nitrogens is 3. The third-order valence-corrected chi connectivity index (χ3v) is 5.89. The standard InChI is InChI=1S/C23H23FN4O2S/c1-4-30-21(29)19-15(3)25-22-26-23(31-13-16-9-7-8-14(2)12-16)27-28(22)20(19)17-10-5-6-11-18(17)24/h5-12,20H,4,13H2,1-3H3,(H,25,26,27)/t20-/m1/s1. The highest BCUT2D eigenvalue weighted by Crippen LogP contribution is 2.37. The van der Waals surface area contributed by atoms with E-state index in [0.29, 0.717) is 33.7 Å². The van der Waals surface area contributed by atoms with Crippen molar-refractivity contribution in [2.24, 2.45) is 0 Å². The summed E-state index contributed by atoms with van der Waals surface area (Å²) in [6, 6.07) is 13.9. The molecular formula is C23H23FN4O2S. The van der Waals surface area contributed by atoms with Crippen LogP contribution in [-0.4, -0.2) is 27.3 Å². The minimum Gasteiger partial charge on any atom is -0.463 e. The number of esters is 1. The van der Waals surface area contributed by atoms with Gasteiger partial charge in [0.25, 0.3) is 0 Å². The smallest absolute Gasteiger partial charge is 0.338 e.